The van der Waals surface area contributed by atoms with Gasteiger partial charge in [-0.2, -0.15) is 9.66 Å². The topological polar surface area (TPSA) is 66.1 Å². The van der Waals surface area contributed by atoms with Gasteiger partial charge in [0, 0.05) is 28.0 Å². The Morgan fingerprint density at radius 2 is 2.09 bits per heavy atom. The molecule has 0 aliphatic rings. The summed E-state index contributed by atoms with van der Waals surface area (Å²) in [6, 6.07) is 11.3. The van der Waals surface area contributed by atoms with Crippen LogP contribution >= 0.6 is 15.9 Å². The van der Waals surface area contributed by atoms with Crippen LogP contribution in [-0.2, 0) is 11.0 Å². The Kier molecular flexibility index (Phi) is 5.45. The van der Waals surface area contributed by atoms with Gasteiger partial charge in [0.2, 0.25) is 0 Å². The lowest BCUT2D eigenvalue weighted by molar-refractivity contribution is 0.650. The summed E-state index contributed by atoms with van der Waals surface area (Å²) in [5.41, 5.74) is 2.31. The summed E-state index contributed by atoms with van der Waals surface area (Å²) in [5.74, 6) is 0. The monoisotopic (exact) mass is 389 g/mol. The highest BCUT2D eigenvalue weighted by molar-refractivity contribution is 9.10. The summed E-state index contributed by atoms with van der Waals surface area (Å²) in [7, 11) is -1.45. The molecule has 1 unspecified atom stereocenters. The number of aromatic nitrogens is 1. The van der Waals surface area contributed by atoms with Gasteiger partial charge in [0.1, 0.15) is 11.0 Å². The van der Waals surface area contributed by atoms with Crippen LogP contribution in [0, 0.1) is 11.3 Å². The van der Waals surface area contributed by atoms with Crippen LogP contribution < -0.4 is 0 Å². The fourth-order valence-electron chi connectivity index (χ4n) is 1.79. The van der Waals surface area contributed by atoms with Crippen LogP contribution in [-0.4, -0.2) is 19.7 Å². The van der Waals surface area contributed by atoms with Crippen LogP contribution in [0.3, 0.4) is 0 Å². The summed E-state index contributed by atoms with van der Waals surface area (Å²) >= 11 is 3.43. The highest BCUT2D eigenvalue weighted by Gasteiger charge is 2.22. The number of nitriles is 1. The fourth-order valence-corrected chi connectivity index (χ4v) is 2.84. The number of pyridine rings is 1. The van der Waals surface area contributed by atoms with Crippen molar-refractivity contribution < 1.29 is 4.21 Å². The lowest BCUT2D eigenvalue weighted by Gasteiger charge is -2.16. The van der Waals surface area contributed by atoms with E-state index < -0.39 is 15.7 Å². The third-order valence-electron chi connectivity index (χ3n) is 2.99. The smallest absolute Gasteiger partial charge is 0.145 e. The first-order valence-corrected chi connectivity index (χ1v) is 8.84. The van der Waals surface area contributed by atoms with E-state index in [1.54, 1.807) is 18.5 Å². The molecule has 1 aromatic carbocycles. The van der Waals surface area contributed by atoms with Gasteiger partial charge in [0.05, 0.1) is 22.1 Å². The van der Waals surface area contributed by atoms with Crippen LogP contribution in [0.1, 0.15) is 37.5 Å². The minimum Gasteiger partial charge on any atom is -0.264 e. The van der Waals surface area contributed by atoms with Crippen molar-refractivity contribution >= 4 is 32.6 Å². The van der Waals surface area contributed by atoms with E-state index in [1.807, 2.05) is 45.0 Å². The molecule has 6 heteroatoms. The van der Waals surface area contributed by atoms with Gasteiger partial charge in [0.25, 0.3) is 0 Å². The third-order valence-corrected chi connectivity index (χ3v) is 4.88. The Bertz CT molecular complexity index is 819. The number of hydrogen-bond donors (Lipinski definition) is 0. The van der Waals surface area contributed by atoms with E-state index in [1.165, 1.54) is 0 Å². The highest BCUT2D eigenvalue weighted by atomic mass is 79.9. The summed E-state index contributed by atoms with van der Waals surface area (Å²) in [4.78, 5) is 4.09. The number of rotatable bonds is 3. The second-order valence-electron chi connectivity index (χ2n) is 5.84. The van der Waals surface area contributed by atoms with Gasteiger partial charge < -0.3 is 0 Å². The first kappa shape index (κ1) is 17.5. The Morgan fingerprint density at radius 1 is 1.35 bits per heavy atom. The molecule has 4 nitrogen and oxygen atoms in total. The minimum absolute atomic E-state index is 0.449. The van der Waals surface area contributed by atoms with Crippen LogP contribution in [0.15, 0.2) is 51.6 Å². The van der Waals surface area contributed by atoms with Crippen molar-refractivity contribution in [3.8, 4) is 6.07 Å². The van der Waals surface area contributed by atoms with E-state index in [-0.39, 0.29) is 0 Å². The van der Waals surface area contributed by atoms with Gasteiger partial charge in [-0.05, 0) is 39.0 Å². The molecule has 0 radical (unpaired) electrons. The summed E-state index contributed by atoms with van der Waals surface area (Å²) < 4.78 is 17.3. The highest BCUT2D eigenvalue weighted by Crippen LogP contribution is 2.21. The zero-order chi connectivity index (χ0) is 17.0. The Balaban J connectivity index is 2.69. The molecule has 118 valence electrons. The summed E-state index contributed by atoms with van der Waals surface area (Å²) in [6.07, 6.45) is 3.14. The second kappa shape index (κ2) is 7.16. The zero-order valence-corrected chi connectivity index (χ0v) is 15.5. The van der Waals surface area contributed by atoms with Crippen molar-refractivity contribution in [1.82, 2.24) is 4.98 Å². The normalized spacial score (nSPS) is 13.4. The quantitative estimate of drug-likeness (QED) is 0.744. The molecular weight excluding hydrogens is 374 g/mol. The first-order valence-electron chi connectivity index (χ1n) is 6.94. The minimum atomic E-state index is -1.45. The molecule has 2 aromatic rings. The SMILES string of the molecule is CC(C)(C)S(=O)/N=C(\c1cccc(Br)c1)c1cnccc1C#N. The molecule has 0 aliphatic heterocycles. The van der Waals surface area contributed by atoms with Crippen molar-refractivity contribution in [1.29, 1.82) is 5.26 Å². The fraction of sp³-hybridized carbons (Fsp3) is 0.235. The van der Waals surface area contributed by atoms with E-state index in [4.69, 9.17) is 0 Å². The van der Waals surface area contributed by atoms with Crippen molar-refractivity contribution in [3.63, 3.8) is 0 Å². The summed E-state index contributed by atoms with van der Waals surface area (Å²) in [6.45, 7) is 5.58. The first-order chi connectivity index (χ1) is 10.8. The molecular formula is C17H16BrN3OS. The van der Waals surface area contributed by atoms with Crippen molar-refractivity contribution in [3.05, 3.63) is 63.9 Å². The van der Waals surface area contributed by atoms with Crippen molar-refractivity contribution in [2.75, 3.05) is 0 Å². The molecule has 0 amide bonds. The van der Waals surface area contributed by atoms with Gasteiger partial charge in [-0.15, -0.1) is 0 Å². The number of benzene rings is 1. The van der Waals surface area contributed by atoms with Crippen LogP contribution in [0.5, 0.6) is 0 Å². The molecule has 2 rings (SSSR count). The molecule has 0 saturated carbocycles. The van der Waals surface area contributed by atoms with E-state index in [0.29, 0.717) is 16.8 Å². The van der Waals surface area contributed by atoms with E-state index in [9.17, 15) is 9.47 Å². The lowest BCUT2D eigenvalue weighted by Crippen LogP contribution is -2.21. The second-order valence-corrected chi connectivity index (χ2v) is 8.67. The maximum atomic E-state index is 12.5. The lowest BCUT2D eigenvalue weighted by atomic mass is 10.0. The number of nitrogens with zero attached hydrogens (tertiary/aromatic N) is 3. The molecule has 0 fully saturated rings. The maximum absolute atomic E-state index is 12.5. The molecule has 0 saturated heterocycles. The molecule has 1 heterocycles. The van der Waals surface area contributed by atoms with Crippen LogP contribution in [0.25, 0.3) is 0 Å². The predicted octanol–water partition coefficient (Wildman–Crippen LogP) is 4.02. The molecule has 1 aromatic heterocycles. The van der Waals surface area contributed by atoms with Gasteiger partial charge in [0.15, 0.2) is 0 Å². The maximum Gasteiger partial charge on any atom is 0.145 e. The van der Waals surface area contributed by atoms with Crippen LogP contribution in [0.2, 0.25) is 0 Å². The molecule has 23 heavy (non-hydrogen) atoms. The van der Waals surface area contributed by atoms with Gasteiger partial charge in [-0.1, -0.05) is 28.1 Å². The number of halogens is 1. The molecule has 0 spiro atoms. The number of hydrogen-bond acceptors (Lipinski definition) is 3. The Hall–Kier alpha value is -1.84. The average molecular weight is 390 g/mol. The average Bonchev–Trinajstić information content (AvgIpc) is 2.51. The largest absolute Gasteiger partial charge is 0.264 e. The van der Waals surface area contributed by atoms with Gasteiger partial charge in [-0.3, -0.25) is 4.98 Å². The molecule has 0 N–H and O–H groups in total. The molecule has 1 atom stereocenters. The Labute approximate surface area is 147 Å². The van der Waals surface area contributed by atoms with Crippen molar-refractivity contribution in [2.24, 2.45) is 4.40 Å². The van der Waals surface area contributed by atoms with E-state index in [2.05, 4.69) is 31.4 Å². The van der Waals surface area contributed by atoms with Gasteiger partial charge in [-0.25, -0.2) is 4.21 Å². The van der Waals surface area contributed by atoms with Crippen LogP contribution in [0.4, 0.5) is 0 Å². The standard InChI is InChI=1S/C17H16BrN3OS/c1-17(2,3)23(22)21-16(12-5-4-6-14(18)9-12)15-11-20-8-7-13(15)10-19/h4-9,11H,1-3H3/b21-16+. The van der Waals surface area contributed by atoms with Crippen molar-refractivity contribution in [2.45, 2.75) is 25.5 Å². The zero-order valence-electron chi connectivity index (χ0n) is 13.1. The van der Waals surface area contributed by atoms with E-state index >= 15 is 0 Å². The van der Waals surface area contributed by atoms with E-state index in [0.717, 1.165) is 10.0 Å². The molecule has 0 aliphatic carbocycles. The predicted molar refractivity (Wildman–Crippen MR) is 96.6 cm³/mol. The summed E-state index contributed by atoms with van der Waals surface area (Å²) in [5, 5.41) is 9.34. The third kappa shape index (κ3) is 4.34. The van der Waals surface area contributed by atoms with Gasteiger partial charge >= 0.3 is 0 Å². The molecule has 0 bridgehead atoms. The Morgan fingerprint density at radius 3 is 2.70 bits per heavy atom.